The maximum absolute atomic E-state index is 12.6. The summed E-state index contributed by atoms with van der Waals surface area (Å²) >= 11 is 0. The number of aliphatic carboxylic acids is 1. The Kier molecular flexibility index (Phi) is 15.6. The molecule has 1 unspecified atom stereocenters. The molecule has 0 saturated heterocycles. The number of amides is 2. The molecule has 0 aromatic heterocycles. The third kappa shape index (κ3) is 13.3. The van der Waals surface area contributed by atoms with Crippen LogP contribution in [0.5, 0.6) is 0 Å². The van der Waals surface area contributed by atoms with E-state index in [4.69, 9.17) is 5.73 Å². The molecule has 27 heavy (non-hydrogen) atoms. The van der Waals surface area contributed by atoms with Gasteiger partial charge < -0.3 is 15.7 Å². The summed E-state index contributed by atoms with van der Waals surface area (Å²) in [6.07, 6.45) is 12.6. The van der Waals surface area contributed by atoms with Gasteiger partial charge in [0, 0.05) is 19.4 Å². The Morgan fingerprint density at radius 2 is 1.33 bits per heavy atom. The van der Waals surface area contributed by atoms with Crippen LogP contribution < -0.4 is 5.73 Å². The minimum absolute atomic E-state index is 0.0229. The quantitative estimate of drug-likeness (QED) is 0.345. The Bertz CT molecular complexity index is 426. The zero-order valence-electron chi connectivity index (χ0n) is 17.4. The molecule has 0 rings (SSSR count). The maximum Gasteiger partial charge on any atom is 0.326 e. The molecule has 6 nitrogen and oxygen atoms in total. The number of hydrogen-bond acceptors (Lipinski definition) is 3. The highest BCUT2D eigenvalue weighted by molar-refractivity contribution is 5.84. The van der Waals surface area contributed by atoms with Gasteiger partial charge in [-0.15, -0.1) is 0 Å². The van der Waals surface area contributed by atoms with E-state index in [1.165, 1.54) is 43.4 Å². The molecule has 0 radical (unpaired) electrons. The molecule has 3 N–H and O–H groups in total. The minimum Gasteiger partial charge on any atom is -0.480 e. The van der Waals surface area contributed by atoms with Crippen LogP contribution in [0.4, 0.5) is 0 Å². The van der Waals surface area contributed by atoms with Crippen molar-refractivity contribution in [1.82, 2.24) is 4.90 Å². The first kappa shape index (κ1) is 25.4. The number of rotatable bonds is 18. The van der Waals surface area contributed by atoms with E-state index in [-0.39, 0.29) is 18.7 Å². The standard InChI is InChI=1S/C21H40N2O4/c1-3-5-7-8-9-10-11-12-13-14-20(25)23(17-6-4-2)18(21(26)27)15-16-19(22)24/h18H,3-17H2,1-2H3,(H2,22,24)(H,26,27). The third-order valence-corrected chi connectivity index (χ3v) is 4.89. The van der Waals surface area contributed by atoms with E-state index in [2.05, 4.69) is 6.92 Å². The SMILES string of the molecule is CCCCCCCCCCCC(=O)N(CCCC)C(CCC(N)=O)C(=O)O. The predicted molar refractivity (Wildman–Crippen MR) is 108 cm³/mol. The Labute approximate surface area is 164 Å². The number of carboxylic acid groups (broad SMARTS) is 1. The molecule has 1 atom stereocenters. The number of primary amides is 1. The van der Waals surface area contributed by atoms with Crippen molar-refractivity contribution in [3.63, 3.8) is 0 Å². The van der Waals surface area contributed by atoms with Crippen molar-refractivity contribution in [3.05, 3.63) is 0 Å². The molecule has 0 bridgehead atoms. The summed E-state index contributed by atoms with van der Waals surface area (Å²) in [6, 6.07) is -0.963. The zero-order chi connectivity index (χ0) is 20.5. The van der Waals surface area contributed by atoms with Crippen molar-refractivity contribution >= 4 is 17.8 Å². The van der Waals surface area contributed by atoms with Gasteiger partial charge in [-0.1, -0.05) is 71.6 Å². The second-order valence-electron chi connectivity index (χ2n) is 7.38. The molecule has 0 aromatic rings. The van der Waals surface area contributed by atoms with Crippen LogP contribution in [0.3, 0.4) is 0 Å². The number of carboxylic acids is 1. The van der Waals surface area contributed by atoms with Gasteiger partial charge in [0.05, 0.1) is 0 Å². The average molecular weight is 385 g/mol. The van der Waals surface area contributed by atoms with Crippen LogP contribution >= 0.6 is 0 Å². The van der Waals surface area contributed by atoms with Crippen LogP contribution in [0.15, 0.2) is 0 Å². The third-order valence-electron chi connectivity index (χ3n) is 4.89. The lowest BCUT2D eigenvalue weighted by molar-refractivity contribution is -0.151. The zero-order valence-corrected chi connectivity index (χ0v) is 17.4. The topological polar surface area (TPSA) is 101 Å². The lowest BCUT2D eigenvalue weighted by atomic mass is 10.0. The predicted octanol–water partition coefficient (Wildman–Crippen LogP) is 4.25. The van der Waals surface area contributed by atoms with Gasteiger partial charge in [0.25, 0.3) is 0 Å². The number of unbranched alkanes of at least 4 members (excludes halogenated alkanes) is 9. The Morgan fingerprint density at radius 1 is 0.815 bits per heavy atom. The van der Waals surface area contributed by atoms with Crippen LogP contribution in [0, 0.1) is 0 Å². The van der Waals surface area contributed by atoms with E-state index in [1.54, 1.807) is 0 Å². The number of nitrogens with two attached hydrogens (primary N) is 1. The minimum atomic E-state index is -1.06. The van der Waals surface area contributed by atoms with Crippen LogP contribution in [-0.4, -0.2) is 40.4 Å². The number of nitrogens with zero attached hydrogens (tertiary/aromatic N) is 1. The highest BCUT2D eigenvalue weighted by Crippen LogP contribution is 2.15. The molecule has 0 heterocycles. The second-order valence-corrected chi connectivity index (χ2v) is 7.38. The monoisotopic (exact) mass is 384 g/mol. The molecular formula is C21H40N2O4. The Balaban J connectivity index is 4.34. The first-order chi connectivity index (χ1) is 12.9. The van der Waals surface area contributed by atoms with E-state index < -0.39 is 17.9 Å². The number of hydrogen-bond donors (Lipinski definition) is 2. The van der Waals surface area contributed by atoms with Crippen LogP contribution in [0.2, 0.25) is 0 Å². The largest absolute Gasteiger partial charge is 0.480 e. The van der Waals surface area contributed by atoms with Gasteiger partial charge in [-0.3, -0.25) is 9.59 Å². The second kappa shape index (κ2) is 16.6. The molecule has 158 valence electrons. The number of carbonyl (C=O) groups is 3. The van der Waals surface area contributed by atoms with Gasteiger partial charge >= 0.3 is 5.97 Å². The van der Waals surface area contributed by atoms with Crippen molar-refractivity contribution in [3.8, 4) is 0 Å². The molecule has 0 fully saturated rings. The van der Waals surface area contributed by atoms with Crippen molar-refractivity contribution in [1.29, 1.82) is 0 Å². The summed E-state index contributed by atoms with van der Waals surface area (Å²) in [6.45, 7) is 4.63. The summed E-state index contributed by atoms with van der Waals surface area (Å²) in [4.78, 5) is 36.6. The van der Waals surface area contributed by atoms with Crippen molar-refractivity contribution < 1.29 is 19.5 Å². The lowest BCUT2D eigenvalue weighted by Gasteiger charge is -2.29. The fourth-order valence-electron chi connectivity index (χ4n) is 3.20. The normalized spacial score (nSPS) is 11.9. The molecule has 0 aliphatic carbocycles. The van der Waals surface area contributed by atoms with E-state index in [1.807, 2.05) is 6.92 Å². The van der Waals surface area contributed by atoms with Gasteiger partial charge in [0.1, 0.15) is 6.04 Å². The van der Waals surface area contributed by atoms with Crippen LogP contribution in [0.1, 0.15) is 104 Å². The van der Waals surface area contributed by atoms with Crippen molar-refractivity contribution in [2.75, 3.05) is 6.54 Å². The van der Waals surface area contributed by atoms with E-state index in [0.29, 0.717) is 13.0 Å². The fraction of sp³-hybridized carbons (Fsp3) is 0.857. The van der Waals surface area contributed by atoms with E-state index in [0.717, 1.165) is 32.1 Å². The van der Waals surface area contributed by atoms with Gasteiger partial charge in [-0.05, 0) is 19.3 Å². The van der Waals surface area contributed by atoms with Gasteiger partial charge in [0.2, 0.25) is 11.8 Å². The summed E-state index contributed by atoms with van der Waals surface area (Å²) in [7, 11) is 0. The fourth-order valence-corrected chi connectivity index (χ4v) is 3.20. The van der Waals surface area contributed by atoms with Gasteiger partial charge in [-0.2, -0.15) is 0 Å². The summed E-state index contributed by atoms with van der Waals surface area (Å²) < 4.78 is 0. The molecule has 0 aromatic carbocycles. The van der Waals surface area contributed by atoms with Crippen LogP contribution in [-0.2, 0) is 14.4 Å². The molecule has 6 heteroatoms. The molecule has 0 aliphatic rings. The highest BCUT2D eigenvalue weighted by Gasteiger charge is 2.29. The molecule has 0 saturated carbocycles. The molecule has 2 amide bonds. The molecule has 0 spiro atoms. The Hall–Kier alpha value is -1.59. The first-order valence-corrected chi connectivity index (χ1v) is 10.7. The van der Waals surface area contributed by atoms with E-state index >= 15 is 0 Å². The summed E-state index contributed by atoms with van der Waals surface area (Å²) in [5, 5.41) is 9.49. The average Bonchev–Trinajstić information content (AvgIpc) is 2.62. The van der Waals surface area contributed by atoms with Gasteiger partial charge in [0.15, 0.2) is 0 Å². The van der Waals surface area contributed by atoms with Crippen molar-refractivity contribution in [2.24, 2.45) is 5.73 Å². The lowest BCUT2D eigenvalue weighted by Crippen LogP contribution is -2.46. The molecular weight excluding hydrogens is 344 g/mol. The van der Waals surface area contributed by atoms with Crippen molar-refractivity contribution in [2.45, 2.75) is 110 Å². The smallest absolute Gasteiger partial charge is 0.326 e. The van der Waals surface area contributed by atoms with E-state index in [9.17, 15) is 19.5 Å². The summed E-state index contributed by atoms with van der Waals surface area (Å²) in [5.41, 5.74) is 5.15. The Morgan fingerprint density at radius 3 is 1.81 bits per heavy atom. The van der Waals surface area contributed by atoms with Gasteiger partial charge in [-0.25, -0.2) is 4.79 Å². The van der Waals surface area contributed by atoms with Crippen LogP contribution in [0.25, 0.3) is 0 Å². The maximum atomic E-state index is 12.6. The number of carbonyl (C=O) groups excluding carboxylic acids is 2. The first-order valence-electron chi connectivity index (χ1n) is 10.7. The summed E-state index contributed by atoms with van der Waals surface area (Å²) in [5.74, 6) is -1.72. The highest BCUT2D eigenvalue weighted by atomic mass is 16.4. The molecule has 0 aliphatic heterocycles.